The molecule has 30 heavy (non-hydrogen) atoms. The molecular formula is C23H30N4O2S. The van der Waals surface area contributed by atoms with Crippen molar-refractivity contribution < 1.29 is 9.59 Å². The molecule has 2 aliphatic rings. The summed E-state index contributed by atoms with van der Waals surface area (Å²) in [6, 6.07) is 7.41. The third-order valence-corrected chi connectivity index (χ3v) is 6.89. The van der Waals surface area contributed by atoms with Gasteiger partial charge in [0.15, 0.2) is 0 Å². The Hall–Kier alpha value is -2.25. The maximum Gasteiger partial charge on any atom is 0.255 e. The van der Waals surface area contributed by atoms with E-state index in [0.29, 0.717) is 11.3 Å². The number of nitrogens with one attached hydrogen (secondary N) is 1. The molecule has 160 valence electrons. The number of amides is 2. The van der Waals surface area contributed by atoms with Crippen molar-refractivity contribution in [3.63, 3.8) is 0 Å². The highest BCUT2D eigenvalue weighted by atomic mass is 32.1. The van der Waals surface area contributed by atoms with Crippen molar-refractivity contribution in [2.75, 3.05) is 31.5 Å². The standard InChI is InChI=1S/C23H30N4O2S/c1-17-24-19(16-30-17)15-26-13-9-18(10-14-26)22(28)25-21-8-4-3-7-20(21)23(29)27-11-5-2-6-12-27/h3-4,7-8,16,18H,2,5-6,9-15H2,1H3,(H,25,28). The van der Waals surface area contributed by atoms with Crippen LogP contribution < -0.4 is 5.32 Å². The highest BCUT2D eigenvalue weighted by Crippen LogP contribution is 2.24. The van der Waals surface area contributed by atoms with Gasteiger partial charge in [-0.25, -0.2) is 4.98 Å². The molecule has 0 unspecified atom stereocenters. The quantitative estimate of drug-likeness (QED) is 0.787. The fourth-order valence-electron chi connectivity index (χ4n) is 4.34. The average Bonchev–Trinajstić information content (AvgIpc) is 3.19. The van der Waals surface area contributed by atoms with Gasteiger partial charge in [-0.3, -0.25) is 14.5 Å². The number of nitrogens with zero attached hydrogens (tertiary/aromatic N) is 3. The van der Waals surface area contributed by atoms with Gasteiger partial charge in [-0.15, -0.1) is 11.3 Å². The number of aryl methyl sites for hydroxylation is 1. The molecule has 2 saturated heterocycles. The smallest absolute Gasteiger partial charge is 0.255 e. The molecular weight excluding hydrogens is 396 g/mol. The van der Waals surface area contributed by atoms with E-state index < -0.39 is 0 Å². The second-order valence-corrected chi connectivity index (χ2v) is 9.36. The van der Waals surface area contributed by atoms with Gasteiger partial charge >= 0.3 is 0 Å². The van der Waals surface area contributed by atoms with E-state index in [1.165, 1.54) is 6.42 Å². The second kappa shape index (κ2) is 9.71. The molecule has 1 aromatic carbocycles. The summed E-state index contributed by atoms with van der Waals surface area (Å²) in [6.45, 7) is 6.27. The summed E-state index contributed by atoms with van der Waals surface area (Å²) in [5.74, 6) is 0.0357. The second-order valence-electron chi connectivity index (χ2n) is 8.30. The van der Waals surface area contributed by atoms with Gasteiger partial charge in [0.05, 0.1) is 22.0 Å². The van der Waals surface area contributed by atoms with E-state index in [9.17, 15) is 9.59 Å². The Morgan fingerprint density at radius 1 is 1.10 bits per heavy atom. The minimum absolute atomic E-state index is 0.0171. The number of hydrogen-bond acceptors (Lipinski definition) is 5. The molecule has 2 fully saturated rings. The molecule has 0 saturated carbocycles. The minimum Gasteiger partial charge on any atom is -0.339 e. The number of carbonyl (C=O) groups excluding carboxylic acids is 2. The number of likely N-dealkylation sites (tertiary alicyclic amines) is 2. The summed E-state index contributed by atoms with van der Waals surface area (Å²) < 4.78 is 0. The van der Waals surface area contributed by atoms with E-state index in [1.54, 1.807) is 11.3 Å². The highest BCUT2D eigenvalue weighted by Gasteiger charge is 2.27. The predicted molar refractivity (Wildman–Crippen MR) is 120 cm³/mol. The molecule has 0 radical (unpaired) electrons. The highest BCUT2D eigenvalue weighted by molar-refractivity contribution is 7.09. The molecule has 6 nitrogen and oxygen atoms in total. The van der Waals surface area contributed by atoms with Crippen molar-refractivity contribution in [2.45, 2.75) is 45.6 Å². The summed E-state index contributed by atoms with van der Waals surface area (Å²) in [4.78, 5) is 34.7. The first kappa shape index (κ1) is 21.0. The van der Waals surface area contributed by atoms with E-state index in [-0.39, 0.29) is 17.7 Å². The molecule has 2 amide bonds. The van der Waals surface area contributed by atoms with E-state index in [4.69, 9.17) is 0 Å². The molecule has 1 aromatic heterocycles. The minimum atomic E-state index is -0.0171. The maximum absolute atomic E-state index is 13.0. The molecule has 0 spiro atoms. The lowest BCUT2D eigenvalue weighted by Gasteiger charge is -2.31. The fraction of sp³-hybridized carbons (Fsp3) is 0.522. The average molecular weight is 427 g/mol. The number of para-hydroxylation sites is 1. The molecule has 2 aliphatic heterocycles. The van der Waals surface area contributed by atoms with Crippen molar-refractivity contribution in [1.82, 2.24) is 14.8 Å². The summed E-state index contributed by atoms with van der Waals surface area (Å²) in [5.41, 5.74) is 2.35. The summed E-state index contributed by atoms with van der Waals surface area (Å²) in [7, 11) is 0. The Morgan fingerprint density at radius 3 is 2.53 bits per heavy atom. The van der Waals surface area contributed by atoms with E-state index in [0.717, 1.165) is 69.1 Å². The predicted octanol–water partition coefficient (Wildman–Crippen LogP) is 3.93. The first-order chi connectivity index (χ1) is 14.6. The first-order valence-corrected chi connectivity index (χ1v) is 11.8. The van der Waals surface area contributed by atoms with E-state index in [2.05, 4.69) is 20.6 Å². The van der Waals surface area contributed by atoms with Gasteiger partial charge in [0.25, 0.3) is 5.91 Å². The Labute approximate surface area is 182 Å². The zero-order chi connectivity index (χ0) is 20.9. The SMILES string of the molecule is Cc1nc(CN2CCC(C(=O)Nc3ccccc3C(=O)N3CCCCC3)CC2)cs1. The number of benzene rings is 1. The van der Waals surface area contributed by atoms with Gasteiger partial charge in [0.1, 0.15) is 0 Å². The van der Waals surface area contributed by atoms with Crippen LogP contribution >= 0.6 is 11.3 Å². The number of carbonyl (C=O) groups is 2. The van der Waals surface area contributed by atoms with Gasteiger partial charge in [0.2, 0.25) is 5.91 Å². The normalized spacial score (nSPS) is 18.4. The van der Waals surface area contributed by atoms with Gasteiger partial charge in [-0.1, -0.05) is 12.1 Å². The van der Waals surface area contributed by atoms with Crippen molar-refractivity contribution in [3.8, 4) is 0 Å². The largest absolute Gasteiger partial charge is 0.339 e. The van der Waals surface area contributed by atoms with Crippen LogP contribution in [0.15, 0.2) is 29.6 Å². The molecule has 7 heteroatoms. The molecule has 1 N–H and O–H groups in total. The maximum atomic E-state index is 13.0. The zero-order valence-corrected chi connectivity index (χ0v) is 18.4. The number of thiazole rings is 1. The molecule has 0 bridgehead atoms. The topological polar surface area (TPSA) is 65.5 Å². The zero-order valence-electron chi connectivity index (χ0n) is 17.6. The number of piperidine rings is 2. The van der Waals surface area contributed by atoms with Crippen molar-refractivity contribution in [3.05, 3.63) is 45.9 Å². The van der Waals surface area contributed by atoms with Gasteiger partial charge in [-0.05, 0) is 64.3 Å². The Balaban J connectivity index is 1.34. The van der Waals surface area contributed by atoms with Crippen LogP contribution in [-0.2, 0) is 11.3 Å². The van der Waals surface area contributed by atoms with Gasteiger partial charge in [-0.2, -0.15) is 0 Å². The number of aromatic nitrogens is 1. The third kappa shape index (κ3) is 5.08. The lowest BCUT2D eigenvalue weighted by molar-refractivity contribution is -0.121. The van der Waals surface area contributed by atoms with Crippen LogP contribution in [0.25, 0.3) is 0 Å². The summed E-state index contributed by atoms with van der Waals surface area (Å²) in [5, 5.41) is 6.26. The molecule has 4 rings (SSSR count). The first-order valence-electron chi connectivity index (χ1n) is 10.9. The Morgan fingerprint density at radius 2 is 1.83 bits per heavy atom. The van der Waals surface area contributed by atoms with Crippen molar-refractivity contribution in [1.29, 1.82) is 0 Å². The Bertz CT molecular complexity index is 883. The van der Waals surface area contributed by atoms with Gasteiger partial charge < -0.3 is 10.2 Å². The van der Waals surface area contributed by atoms with Crippen molar-refractivity contribution in [2.24, 2.45) is 5.92 Å². The Kier molecular flexibility index (Phi) is 6.79. The van der Waals surface area contributed by atoms with Crippen LogP contribution in [0.1, 0.15) is 53.2 Å². The van der Waals surface area contributed by atoms with Crippen molar-refractivity contribution >= 4 is 28.8 Å². The summed E-state index contributed by atoms with van der Waals surface area (Å²) in [6.07, 6.45) is 4.95. The monoisotopic (exact) mass is 426 g/mol. The van der Waals surface area contributed by atoms with Crippen LogP contribution in [0.3, 0.4) is 0 Å². The van der Waals surface area contributed by atoms with Crippen LogP contribution in [0.2, 0.25) is 0 Å². The molecule has 0 atom stereocenters. The van der Waals surface area contributed by atoms with Crippen LogP contribution in [-0.4, -0.2) is 52.8 Å². The fourth-order valence-corrected chi connectivity index (χ4v) is 4.95. The van der Waals surface area contributed by atoms with E-state index in [1.807, 2.05) is 36.1 Å². The number of rotatable bonds is 5. The van der Waals surface area contributed by atoms with E-state index >= 15 is 0 Å². The lowest BCUT2D eigenvalue weighted by atomic mass is 9.95. The molecule has 3 heterocycles. The van der Waals surface area contributed by atoms with Gasteiger partial charge in [0, 0.05) is 30.9 Å². The number of hydrogen-bond donors (Lipinski definition) is 1. The van der Waals surface area contributed by atoms with Crippen LogP contribution in [0.5, 0.6) is 0 Å². The molecule has 0 aliphatic carbocycles. The third-order valence-electron chi connectivity index (χ3n) is 6.07. The van der Waals surface area contributed by atoms with Crippen LogP contribution in [0, 0.1) is 12.8 Å². The lowest BCUT2D eigenvalue weighted by Crippen LogP contribution is -2.38. The van der Waals surface area contributed by atoms with Crippen LogP contribution in [0.4, 0.5) is 5.69 Å². The summed E-state index contributed by atoms with van der Waals surface area (Å²) >= 11 is 1.68. The molecule has 2 aromatic rings. The number of anilines is 1.